The summed E-state index contributed by atoms with van der Waals surface area (Å²) in [7, 11) is -3.76. The molecule has 0 radical (unpaired) electrons. The van der Waals surface area contributed by atoms with Crippen molar-refractivity contribution in [2.24, 2.45) is 0 Å². The molecule has 0 amide bonds. The first-order chi connectivity index (χ1) is 9.81. The fourth-order valence-electron chi connectivity index (χ4n) is 2.39. The number of allylic oxidation sites excluding steroid dienone is 1. The van der Waals surface area contributed by atoms with Crippen LogP contribution in [0.4, 0.5) is 4.39 Å². The van der Waals surface area contributed by atoms with Gasteiger partial charge in [-0.2, -0.15) is 0 Å². The normalized spacial score (nSPS) is 19.1. The smallest absolute Gasteiger partial charge is 0.161 e. The predicted molar refractivity (Wildman–Crippen MR) is 74.8 cm³/mol. The average Bonchev–Trinajstić information content (AvgIpc) is 2.42. The minimum Gasteiger partial charge on any atom is -0.545 e. The maximum atomic E-state index is 13.0. The molecule has 1 aromatic carbocycles. The van der Waals surface area contributed by atoms with E-state index in [4.69, 9.17) is 11.6 Å². The molecule has 4 nitrogen and oxygen atoms in total. The lowest BCUT2D eigenvalue weighted by molar-refractivity contribution is -0.299. The summed E-state index contributed by atoms with van der Waals surface area (Å²) in [6, 6.07) is 3.44. The summed E-state index contributed by atoms with van der Waals surface area (Å²) < 4.78 is 37.8. The Bertz CT molecular complexity index is 697. The van der Waals surface area contributed by atoms with E-state index < -0.39 is 32.6 Å². The highest BCUT2D eigenvalue weighted by Gasteiger charge is 2.31. The summed E-state index contributed by atoms with van der Waals surface area (Å²) in [6.45, 7) is 0. The van der Waals surface area contributed by atoms with Crippen molar-refractivity contribution < 1.29 is 22.7 Å². The molecule has 0 saturated carbocycles. The Kier molecular flexibility index (Phi) is 4.68. The van der Waals surface area contributed by atoms with Gasteiger partial charge < -0.3 is 9.90 Å². The van der Waals surface area contributed by atoms with E-state index in [1.54, 1.807) is 0 Å². The van der Waals surface area contributed by atoms with Crippen molar-refractivity contribution in [3.63, 3.8) is 0 Å². The van der Waals surface area contributed by atoms with Gasteiger partial charge in [0.1, 0.15) is 5.82 Å². The molecule has 1 aliphatic rings. The molecule has 1 aromatic rings. The van der Waals surface area contributed by atoms with E-state index in [9.17, 15) is 22.7 Å². The first-order valence-corrected chi connectivity index (χ1v) is 8.47. The number of carboxylic acids is 1. The zero-order valence-corrected chi connectivity index (χ0v) is 12.6. The first kappa shape index (κ1) is 16.0. The predicted octanol–water partition coefficient (Wildman–Crippen LogP) is 1.62. The molecule has 0 aromatic heterocycles. The molecule has 1 aliphatic carbocycles. The maximum Gasteiger partial charge on any atom is 0.161 e. The van der Waals surface area contributed by atoms with Gasteiger partial charge in [-0.25, -0.2) is 12.8 Å². The van der Waals surface area contributed by atoms with Gasteiger partial charge in [0.05, 0.1) is 17.0 Å². The molecule has 0 aliphatic heterocycles. The topological polar surface area (TPSA) is 74.3 Å². The molecule has 0 saturated heterocycles. The van der Waals surface area contributed by atoms with Gasteiger partial charge in [0, 0.05) is 5.02 Å². The molecule has 1 unspecified atom stereocenters. The average molecular weight is 332 g/mol. The van der Waals surface area contributed by atoms with Crippen molar-refractivity contribution >= 4 is 27.4 Å². The molecule has 0 spiro atoms. The van der Waals surface area contributed by atoms with E-state index in [0.29, 0.717) is 12.8 Å². The number of benzene rings is 1. The number of hydrogen-bond donors (Lipinski definition) is 0. The van der Waals surface area contributed by atoms with Crippen molar-refractivity contribution in [3.8, 4) is 0 Å². The third-order valence-corrected chi connectivity index (χ3v) is 5.84. The summed E-state index contributed by atoms with van der Waals surface area (Å²) in [5.74, 6) is -2.45. The molecule has 7 heteroatoms. The van der Waals surface area contributed by atoms with Gasteiger partial charge >= 0.3 is 0 Å². The number of carbonyl (C=O) groups excluding carboxylic acids is 1. The van der Waals surface area contributed by atoms with E-state index in [1.165, 1.54) is 12.1 Å². The highest BCUT2D eigenvalue weighted by Crippen LogP contribution is 2.29. The highest BCUT2D eigenvalue weighted by molar-refractivity contribution is 7.91. The number of aliphatic carboxylic acids is 1. The summed E-state index contributed by atoms with van der Waals surface area (Å²) in [6.07, 6.45) is 2.75. The zero-order chi connectivity index (χ0) is 15.6. The van der Waals surface area contributed by atoms with Crippen LogP contribution < -0.4 is 5.11 Å². The van der Waals surface area contributed by atoms with Crippen LogP contribution in [-0.4, -0.2) is 19.6 Å². The van der Waals surface area contributed by atoms with Crippen molar-refractivity contribution in [1.29, 1.82) is 0 Å². The molecule has 0 heterocycles. The van der Waals surface area contributed by atoms with E-state index in [1.807, 2.05) is 0 Å². The lowest BCUT2D eigenvalue weighted by Crippen LogP contribution is -2.37. The van der Waals surface area contributed by atoms with Crippen molar-refractivity contribution in [3.05, 3.63) is 46.3 Å². The number of sulfone groups is 1. The maximum absolute atomic E-state index is 13.0. The third-order valence-electron chi connectivity index (χ3n) is 3.42. The van der Waals surface area contributed by atoms with Gasteiger partial charge in [-0.3, -0.25) is 0 Å². The minimum absolute atomic E-state index is 0.00774. The van der Waals surface area contributed by atoms with Crippen LogP contribution in [0.25, 0.3) is 0 Å². The summed E-state index contributed by atoms with van der Waals surface area (Å²) in [4.78, 5) is 11.1. The van der Waals surface area contributed by atoms with E-state index in [-0.39, 0.29) is 22.6 Å². The minimum atomic E-state index is -3.76. The van der Waals surface area contributed by atoms with Crippen molar-refractivity contribution in [2.75, 3.05) is 0 Å². The number of hydrogen-bond acceptors (Lipinski definition) is 4. The van der Waals surface area contributed by atoms with Crippen LogP contribution in [0.1, 0.15) is 24.8 Å². The fourth-order valence-corrected chi connectivity index (χ4v) is 4.70. The standard InChI is InChI=1S/C14H14ClFO4S/c15-12-7-10(16)6-5-9(12)8-21(19,20)13-4-2-1-3-11(13)14(17)18/h3,5-7,13H,1-2,4,8H2,(H,17,18)/p-1. The molecule has 0 fully saturated rings. The number of carbonyl (C=O) groups is 1. The second-order valence-corrected chi connectivity index (χ2v) is 7.50. The lowest BCUT2D eigenvalue weighted by atomic mass is 9.99. The fraction of sp³-hybridized carbons (Fsp3) is 0.357. The summed E-state index contributed by atoms with van der Waals surface area (Å²) in [5, 5.41) is 9.96. The molecule has 0 bridgehead atoms. The lowest BCUT2D eigenvalue weighted by Gasteiger charge is -2.25. The summed E-state index contributed by atoms with van der Waals surface area (Å²) >= 11 is 5.83. The number of rotatable bonds is 4. The molecular formula is C14H13ClFO4S-. The molecule has 114 valence electrons. The largest absolute Gasteiger partial charge is 0.545 e. The molecule has 1 atom stereocenters. The Morgan fingerprint density at radius 2 is 2.14 bits per heavy atom. The van der Waals surface area contributed by atoms with Gasteiger partial charge in [0.25, 0.3) is 0 Å². The summed E-state index contributed by atoms with van der Waals surface area (Å²) in [5.41, 5.74) is 0.0563. The van der Waals surface area contributed by atoms with E-state index >= 15 is 0 Å². The van der Waals surface area contributed by atoms with Gasteiger partial charge in [0.15, 0.2) is 9.84 Å². The SMILES string of the molecule is O=C([O-])C1=CCCCC1S(=O)(=O)Cc1ccc(F)cc1Cl. The van der Waals surface area contributed by atoms with Crippen molar-refractivity contribution in [2.45, 2.75) is 30.3 Å². The van der Waals surface area contributed by atoms with Gasteiger partial charge in [-0.05, 0) is 42.5 Å². The Morgan fingerprint density at radius 3 is 2.76 bits per heavy atom. The van der Waals surface area contributed by atoms with Crippen LogP contribution >= 0.6 is 11.6 Å². The molecule has 2 rings (SSSR count). The molecular weight excluding hydrogens is 319 g/mol. The Morgan fingerprint density at radius 1 is 1.43 bits per heavy atom. The quantitative estimate of drug-likeness (QED) is 0.840. The first-order valence-electron chi connectivity index (χ1n) is 6.38. The van der Waals surface area contributed by atoms with Gasteiger partial charge in [-0.15, -0.1) is 0 Å². The van der Waals surface area contributed by atoms with Crippen LogP contribution in [-0.2, 0) is 20.4 Å². The Labute approximate surface area is 127 Å². The Balaban J connectivity index is 2.31. The van der Waals surface area contributed by atoms with Crippen LogP contribution in [0.15, 0.2) is 29.8 Å². The number of carboxylic acid groups (broad SMARTS) is 1. The second kappa shape index (κ2) is 6.15. The van der Waals surface area contributed by atoms with Crippen molar-refractivity contribution in [1.82, 2.24) is 0 Å². The molecule has 0 N–H and O–H groups in total. The van der Waals surface area contributed by atoms with E-state index in [0.717, 1.165) is 12.1 Å². The highest BCUT2D eigenvalue weighted by atomic mass is 35.5. The van der Waals surface area contributed by atoms with Crippen LogP contribution in [0.3, 0.4) is 0 Å². The molecule has 21 heavy (non-hydrogen) atoms. The monoisotopic (exact) mass is 331 g/mol. The van der Waals surface area contributed by atoms with Gasteiger partial charge in [-0.1, -0.05) is 23.7 Å². The third kappa shape index (κ3) is 3.63. The number of halogens is 2. The van der Waals surface area contributed by atoms with Crippen LogP contribution in [0, 0.1) is 5.82 Å². The van der Waals surface area contributed by atoms with Crippen LogP contribution in [0.5, 0.6) is 0 Å². The second-order valence-electron chi connectivity index (χ2n) is 4.91. The zero-order valence-electron chi connectivity index (χ0n) is 11.0. The van der Waals surface area contributed by atoms with Crippen LogP contribution in [0.2, 0.25) is 5.02 Å². The van der Waals surface area contributed by atoms with E-state index in [2.05, 4.69) is 0 Å². The Hall–Kier alpha value is -1.40. The van der Waals surface area contributed by atoms with Gasteiger partial charge in [0.2, 0.25) is 0 Å².